The number of carbonyl (C=O) groups excluding carboxylic acids is 2. The zero-order chi connectivity index (χ0) is 40.2. The minimum absolute atomic E-state index is 0.187. The maximum atomic E-state index is 13.2. The lowest BCUT2D eigenvalue weighted by Crippen LogP contribution is -2.60. The Labute approximate surface area is 337 Å². The average Bonchev–Trinajstić information content (AvgIpc) is 3.18. The lowest BCUT2D eigenvalue weighted by molar-refractivity contribution is -0.284. The number of aliphatic hydroxyl groups excluding tert-OH is 4. The van der Waals surface area contributed by atoms with Crippen molar-refractivity contribution in [2.75, 3.05) is 26.2 Å². The molecule has 10 heteroatoms. The summed E-state index contributed by atoms with van der Waals surface area (Å²) in [4.78, 5) is 27.6. The van der Waals surface area contributed by atoms with E-state index in [1.54, 1.807) is 0 Å². The first kappa shape index (κ1) is 51.6. The van der Waals surface area contributed by atoms with Crippen LogP contribution >= 0.6 is 0 Å². The second-order valence-electron chi connectivity index (χ2n) is 16.4. The fraction of sp³-hybridized carbons (Fsp3) is 0.956. The highest BCUT2D eigenvalue weighted by Crippen LogP contribution is 2.22. The van der Waals surface area contributed by atoms with Crippen molar-refractivity contribution >= 4 is 12.0 Å². The number of hydrogen-bond donors (Lipinski definition) is 5. The molecule has 55 heavy (non-hydrogen) atoms. The number of carbonyl (C=O) groups is 2. The van der Waals surface area contributed by atoms with Crippen LogP contribution in [0.1, 0.15) is 219 Å². The van der Waals surface area contributed by atoms with Gasteiger partial charge in [0.15, 0.2) is 0 Å². The third-order valence-electron chi connectivity index (χ3n) is 11.4. The van der Waals surface area contributed by atoms with Crippen LogP contribution in [0.4, 0.5) is 4.79 Å². The normalized spacial score (nSPS) is 19.8. The van der Waals surface area contributed by atoms with Gasteiger partial charge < -0.3 is 40.1 Å². The number of aliphatic hydroxyl groups is 4. The van der Waals surface area contributed by atoms with E-state index in [0.29, 0.717) is 13.1 Å². The van der Waals surface area contributed by atoms with Gasteiger partial charge in [-0.05, 0) is 12.8 Å². The van der Waals surface area contributed by atoms with Gasteiger partial charge in [0.05, 0.1) is 6.61 Å². The van der Waals surface area contributed by atoms with Crippen molar-refractivity contribution < 1.29 is 39.5 Å². The third-order valence-corrected chi connectivity index (χ3v) is 11.4. The lowest BCUT2D eigenvalue weighted by Gasteiger charge is -2.39. The number of alkyl carbamates (subject to hydrolysis) is 1. The first-order valence-corrected chi connectivity index (χ1v) is 23.4. The van der Waals surface area contributed by atoms with Crippen LogP contribution in [-0.4, -0.2) is 94.3 Å². The molecule has 5 N–H and O–H groups in total. The van der Waals surface area contributed by atoms with Crippen molar-refractivity contribution in [1.82, 2.24) is 10.2 Å². The average molecular weight is 785 g/mol. The van der Waals surface area contributed by atoms with Crippen molar-refractivity contribution in [1.29, 1.82) is 0 Å². The molecule has 0 aliphatic carbocycles. The zero-order valence-corrected chi connectivity index (χ0v) is 35.7. The lowest BCUT2D eigenvalue weighted by atomic mass is 9.99. The van der Waals surface area contributed by atoms with E-state index < -0.39 is 43.4 Å². The fourth-order valence-corrected chi connectivity index (χ4v) is 7.63. The SMILES string of the molecule is CCCCCCCCCCCCCCCCCCN(CCCCCCCCCCCCCCCCCC)C(=O)CNC(=O)O[C@H]1O[C@H](CO)[C@H](O)[C@H](O)[C@H]1O. The van der Waals surface area contributed by atoms with Gasteiger partial charge >= 0.3 is 6.09 Å². The Bertz CT molecular complexity index is 842. The number of unbranched alkanes of at least 4 members (excludes halogenated alkanes) is 30. The Hall–Kier alpha value is -1.46. The predicted octanol–water partition coefficient (Wildman–Crippen LogP) is 9.86. The summed E-state index contributed by atoms with van der Waals surface area (Å²) in [6, 6.07) is 0. The highest BCUT2D eigenvalue weighted by atomic mass is 16.7. The van der Waals surface area contributed by atoms with Gasteiger partial charge in [-0.2, -0.15) is 0 Å². The molecule has 0 radical (unpaired) electrons. The third kappa shape index (κ3) is 27.8. The van der Waals surface area contributed by atoms with E-state index in [1.165, 1.54) is 180 Å². The van der Waals surface area contributed by atoms with Crippen LogP contribution in [0.2, 0.25) is 0 Å². The van der Waals surface area contributed by atoms with Crippen molar-refractivity contribution in [3.05, 3.63) is 0 Å². The van der Waals surface area contributed by atoms with Crippen molar-refractivity contribution in [2.45, 2.75) is 250 Å². The Morgan fingerprint density at radius 3 is 1.16 bits per heavy atom. The molecule has 1 saturated heterocycles. The summed E-state index contributed by atoms with van der Waals surface area (Å²) in [7, 11) is 0. The summed E-state index contributed by atoms with van der Waals surface area (Å²) in [6.45, 7) is 4.96. The molecule has 1 rings (SSSR count). The quantitative estimate of drug-likeness (QED) is 0.0389. The second-order valence-corrected chi connectivity index (χ2v) is 16.4. The Morgan fingerprint density at radius 1 is 0.509 bits per heavy atom. The number of rotatable bonds is 38. The maximum Gasteiger partial charge on any atom is 0.409 e. The number of hydrogen-bond acceptors (Lipinski definition) is 8. The minimum Gasteiger partial charge on any atom is -0.417 e. The second kappa shape index (κ2) is 36.9. The van der Waals surface area contributed by atoms with Gasteiger partial charge in [-0.3, -0.25) is 4.79 Å². The minimum atomic E-state index is -1.69. The Balaban J connectivity index is 2.32. The number of amides is 2. The molecule has 5 atom stereocenters. The van der Waals surface area contributed by atoms with Crippen LogP contribution in [0.25, 0.3) is 0 Å². The van der Waals surface area contributed by atoms with Crippen LogP contribution in [0.3, 0.4) is 0 Å². The summed E-state index contributed by atoms with van der Waals surface area (Å²) in [5.41, 5.74) is 0. The Morgan fingerprint density at radius 2 is 0.836 bits per heavy atom. The van der Waals surface area contributed by atoms with Crippen LogP contribution in [-0.2, 0) is 14.3 Å². The van der Waals surface area contributed by atoms with Gasteiger partial charge in [0.1, 0.15) is 31.0 Å². The van der Waals surface area contributed by atoms with E-state index in [0.717, 1.165) is 25.7 Å². The molecule has 0 spiro atoms. The van der Waals surface area contributed by atoms with E-state index in [1.807, 2.05) is 4.90 Å². The summed E-state index contributed by atoms with van der Waals surface area (Å²) in [5.74, 6) is -0.187. The van der Waals surface area contributed by atoms with Crippen molar-refractivity contribution in [2.24, 2.45) is 0 Å². The first-order chi connectivity index (χ1) is 26.8. The molecule has 1 aliphatic heterocycles. The topological polar surface area (TPSA) is 149 Å². The molecule has 0 bridgehead atoms. The van der Waals surface area contributed by atoms with Crippen LogP contribution in [0.5, 0.6) is 0 Å². The highest BCUT2D eigenvalue weighted by Gasteiger charge is 2.45. The van der Waals surface area contributed by atoms with E-state index in [4.69, 9.17) is 9.47 Å². The molecule has 2 amide bonds. The van der Waals surface area contributed by atoms with E-state index >= 15 is 0 Å². The maximum absolute atomic E-state index is 13.2. The van der Waals surface area contributed by atoms with Gasteiger partial charge in [0.2, 0.25) is 12.2 Å². The van der Waals surface area contributed by atoms with Gasteiger partial charge in [-0.1, -0.05) is 206 Å². The van der Waals surface area contributed by atoms with Crippen LogP contribution < -0.4 is 5.32 Å². The van der Waals surface area contributed by atoms with Crippen molar-refractivity contribution in [3.8, 4) is 0 Å². The van der Waals surface area contributed by atoms with E-state index in [9.17, 15) is 30.0 Å². The monoisotopic (exact) mass is 785 g/mol. The molecule has 0 aromatic carbocycles. The van der Waals surface area contributed by atoms with Gasteiger partial charge in [-0.15, -0.1) is 0 Å². The molecular weight excluding hydrogens is 697 g/mol. The molecule has 1 heterocycles. The predicted molar refractivity (Wildman–Crippen MR) is 224 cm³/mol. The molecule has 1 aliphatic rings. The standard InChI is InChI=1S/C45H88N2O8/c1-3-5-7-9-11-13-15-17-19-21-23-25-27-29-31-33-35-47(36-34-32-30-28-26-24-22-20-18-16-14-12-10-8-6-4-2)40(49)37-46-45(53)55-44-43(52)42(51)41(50)39(38-48)54-44/h39,41-44,48,50-52H,3-38H2,1-2H3,(H,46,53)/t39-,41+,42+,43-,44-/m1/s1. The number of ether oxygens (including phenoxy) is 2. The van der Waals surface area contributed by atoms with Crippen LogP contribution in [0, 0.1) is 0 Å². The smallest absolute Gasteiger partial charge is 0.409 e. The fourth-order valence-electron chi connectivity index (χ4n) is 7.63. The number of nitrogens with zero attached hydrogens (tertiary/aromatic N) is 1. The summed E-state index contributed by atoms with van der Waals surface area (Å²) < 4.78 is 10.3. The van der Waals surface area contributed by atoms with Crippen LogP contribution in [0.15, 0.2) is 0 Å². The van der Waals surface area contributed by atoms with Gasteiger partial charge in [0.25, 0.3) is 0 Å². The number of nitrogens with one attached hydrogen (secondary N) is 1. The van der Waals surface area contributed by atoms with Gasteiger partial charge in [-0.25, -0.2) is 4.79 Å². The summed E-state index contributed by atoms with van der Waals surface area (Å²) in [5, 5.41) is 42.0. The molecule has 0 aromatic heterocycles. The molecule has 10 nitrogen and oxygen atoms in total. The highest BCUT2D eigenvalue weighted by molar-refractivity contribution is 5.82. The summed E-state index contributed by atoms with van der Waals surface area (Å²) >= 11 is 0. The molecular formula is C45H88N2O8. The molecule has 0 aromatic rings. The van der Waals surface area contributed by atoms with Crippen molar-refractivity contribution in [3.63, 3.8) is 0 Å². The molecule has 0 unspecified atom stereocenters. The molecule has 0 saturated carbocycles. The summed E-state index contributed by atoms with van der Waals surface area (Å²) in [6.07, 6.45) is 32.8. The Kier molecular flexibility index (Phi) is 34.5. The molecule has 1 fully saturated rings. The first-order valence-electron chi connectivity index (χ1n) is 23.4. The molecule has 326 valence electrons. The zero-order valence-electron chi connectivity index (χ0n) is 35.7. The van der Waals surface area contributed by atoms with E-state index in [-0.39, 0.29) is 12.5 Å². The van der Waals surface area contributed by atoms with Gasteiger partial charge in [0, 0.05) is 13.1 Å². The van der Waals surface area contributed by atoms with E-state index in [2.05, 4.69) is 19.2 Å². The largest absolute Gasteiger partial charge is 0.417 e.